The predicted octanol–water partition coefficient (Wildman–Crippen LogP) is 5.72. The number of carbonyl (C=O) groups is 1. The van der Waals surface area contributed by atoms with Gasteiger partial charge in [-0.05, 0) is 64.1 Å². The van der Waals surface area contributed by atoms with E-state index in [0.29, 0.717) is 12.3 Å². The fourth-order valence-electron chi connectivity index (χ4n) is 6.28. The lowest BCUT2D eigenvalue weighted by Gasteiger charge is -2.19. The van der Waals surface area contributed by atoms with Crippen molar-refractivity contribution in [1.29, 1.82) is 0 Å². The minimum atomic E-state index is -0.727. The molecule has 0 aliphatic heterocycles. The molecule has 1 N–H and O–H groups in total. The molecule has 4 nitrogen and oxygen atoms in total. The maximum absolute atomic E-state index is 14.6. The number of halogens is 2. The molecule has 174 valence electrons. The van der Waals surface area contributed by atoms with Gasteiger partial charge in [-0.1, -0.05) is 38.1 Å². The average molecular weight is 462 g/mol. The Kier molecular flexibility index (Phi) is 4.60. The van der Waals surface area contributed by atoms with Crippen molar-refractivity contribution < 1.29 is 23.4 Å². The predicted molar refractivity (Wildman–Crippen MR) is 122 cm³/mol. The van der Waals surface area contributed by atoms with Crippen molar-refractivity contribution in [3.63, 3.8) is 0 Å². The van der Waals surface area contributed by atoms with Crippen LogP contribution in [0.25, 0.3) is 0 Å². The summed E-state index contributed by atoms with van der Waals surface area (Å²) in [7, 11) is 0. The van der Waals surface area contributed by atoms with Crippen molar-refractivity contribution in [2.75, 3.05) is 0 Å². The van der Waals surface area contributed by atoms with E-state index in [0.717, 1.165) is 34.2 Å². The third-order valence-corrected chi connectivity index (χ3v) is 7.94. The van der Waals surface area contributed by atoms with Crippen LogP contribution in [0.3, 0.4) is 0 Å². The van der Waals surface area contributed by atoms with Crippen LogP contribution in [-0.4, -0.2) is 16.1 Å². The van der Waals surface area contributed by atoms with E-state index in [9.17, 15) is 18.7 Å². The monoisotopic (exact) mass is 461 g/mol. The Bertz CT molecular complexity index is 1310. The van der Waals surface area contributed by atoms with Crippen molar-refractivity contribution in [1.82, 2.24) is 4.98 Å². The Hall–Kier alpha value is -3.28. The second-order valence-electron chi connectivity index (χ2n) is 10.5. The minimum Gasteiger partial charge on any atom is -0.481 e. The zero-order valence-corrected chi connectivity index (χ0v) is 19.0. The molecule has 1 fully saturated rings. The summed E-state index contributed by atoms with van der Waals surface area (Å²) in [5.74, 6) is -1.60. The summed E-state index contributed by atoms with van der Waals surface area (Å²) in [6.07, 6.45) is 3.14. The molecular formula is C28H25F2NO3. The molecule has 3 aliphatic carbocycles. The molecule has 4 atom stereocenters. The zero-order valence-electron chi connectivity index (χ0n) is 19.0. The van der Waals surface area contributed by atoms with Gasteiger partial charge in [-0.2, -0.15) is 0 Å². The summed E-state index contributed by atoms with van der Waals surface area (Å²) in [4.78, 5) is 15.7. The molecule has 0 bridgehead atoms. The summed E-state index contributed by atoms with van der Waals surface area (Å²) in [6.45, 7) is 4.50. The van der Waals surface area contributed by atoms with Crippen LogP contribution < -0.4 is 4.74 Å². The van der Waals surface area contributed by atoms with Crippen LogP contribution in [0.4, 0.5) is 8.78 Å². The molecule has 6 heteroatoms. The maximum atomic E-state index is 14.6. The number of fused-ring (bicyclic) bond motifs is 4. The molecule has 0 spiro atoms. The Labute approximate surface area is 196 Å². The largest absolute Gasteiger partial charge is 0.481 e. The first-order valence-corrected chi connectivity index (χ1v) is 11.7. The SMILES string of the molecule is CC1(C)CC(c2c(F)cccc2F)c2cc(COc3cc4c(cn3)C3C(C4)C3C(=O)O)ccc21. The van der Waals surface area contributed by atoms with Crippen LogP contribution in [-0.2, 0) is 23.2 Å². The number of benzene rings is 2. The van der Waals surface area contributed by atoms with Crippen molar-refractivity contribution in [3.05, 3.63) is 93.7 Å². The molecule has 3 aromatic rings. The van der Waals surface area contributed by atoms with Gasteiger partial charge >= 0.3 is 5.97 Å². The number of ether oxygens (including phenoxy) is 1. The van der Waals surface area contributed by atoms with Gasteiger partial charge in [0.2, 0.25) is 5.88 Å². The van der Waals surface area contributed by atoms with E-state index >= 15 is 0 Å². The van der Waals surface area contributed by atoms with E-state index in [1.807, 2.05) is 24.3 Å². The number of carboxylic acids is 1. The fourth-order valence-corrected chi connectivity index (χ4v) is 6.28. The van der Waals surface area contributed by atoms with Crippen LogP contribution >= 0.6 is 0 Å². The summed E-state index contributed by atoms with van der Waals surface area (Å²) in [5, 5.41) is 9.28. The van der Waals surface area contributed by atoms with Crippen molar-refractivity contribution in [3.8, 4) is 5.88 Å². The van der Waals surface area contributed by atoms with Gasteiger partial charge in [-0.15, -0.1) is 0 Å². The third kappa shape index (κ3) is 3.23. The lowest BCUT2D eigenvalue weighted by molar-refractivity contribution is -0.139. The van der Waals surface area contributed by atoms with Crippen LogP contribution in [0.2, 0.25) is 0 Å². The first-order valence-electron chi connectivity index (χ1n) is 11.7. The van der Waals surface area contributed by atoms with Crippen LogP contribution in [0.5, 0.6) is 5.88 Å². The molecule has 2 aromatic carbocycles. The third-order valence-electron chi connectivity index (χ3n) is 7.94. The maximum Gasteiger partial charge on any atom is 0.307 e. The van der Waals surface area contributed by atoms with Gasteiger partial charge in [0.15, 0.2) is 0 Å². The second-order valence-corrected chi connectivity index (χ2v) is 10.5. The van der Waals surface area contributed by atoms with Gasteiger partial charge in [0, 0.05) is 29.7 Å². The molecule has 1 heterocycles. The van der Waals surface area contributed by atoms with E-state index in [1.165, 1.54) is 18.2 Å². The van der Waals surface area contributed by atoms with Crippen LogP contribution in [0.15, 0.2) is 48.7 Å². The van der Waals surface area contributed by atoms with Crippen LogP contribution in [0.1, 0.15) is 65.5 Å². The van der Waals surface area contributed by atoms with Gasteiger partial charge < -0.3 is 9.84 Å². The van der Waals surface area contributed by atoms with Gasteiger partial charge in [0.1, 0.15) is 18.2 Å². The highest BCUT2D eigenvalue weighted by atomic mass is 19.1. The highest BCUT2D eigenvalue weighted by molar-refractivity contribution is 5.77. The number of hydrogen-bond acceptors (Lipinski definition) is 3. The molecule has 0 saturated heterocycles. The topological polar surface area (TPSA) is 59.4 Å². The lowest BCUT2D eigenvalue weighted by Crippen LogP contribution is -2.13. The summed E-state index contributed by atoms with van der Waals surface area (Å²) in [5.41, 5.74) is 5.04. The highest BCUT2D eigenvalue weighted by Gasteiger charge is 2.60. The number of hydrogen-bond donors (Lipinski definition) is 1. The average Bonchev–Trinajstić information content (AvgIpc) is 3.29. The smallest absolute Gasteiger partial charge is 0.307 e. The fraction of sp³-hybridized carbons (Fsp3) is 0.357. The molecule has 0 amide bonds. The molecule has 6 rings (SSSR count). The van der Waals surface area contributed by atoms with Crippen LogP contribution in [0, 0.1) is 23.5 Å². The molecule has 0 radical (unpaired) electrons. The van der Waals surface area contributed by atoms with E-state index in [1.54, 1.807) is 6.20 Å². The quantitative estimate of drug-likeness (QED) is 0.528. The molecule has 1 saturated carbocycles. The standard InChI is InChI=1S/C28H25F2NO3/c1-28(2)11-18(25-21(29)4-3-5-22(25)30)16-8-14(6-7-20(16)28)13-34-23-10-15-9-17-24(19(15)12-31-23)26(17)27(32)33/h3-8,10,12,17-18,24,26H,9,11,13H2,1-2H3,(H,32,33). The van der Waals surface area contributed by atoms with E-state index in [2.05, 4.69) is 18.8 Å². The van der Waals surface area contributed by atoms with E-state index in [-0.39, 0.29) is 41.3 Å². The molecule has 3 aliphatic rings. The van der Waals surface area contributed by atoms with Gasteiger partial charge in [0.25, 0.3) is 0 Å². The number of aromatic nitrogens is 1. The van der Waals surface area contributed by atoms with E-state index in [4.69, 9.17) is 4.74 Å². The molecular weight excluding hydrogens is 436 g/mol. The second kappa shape index (κ2) is 7.36. The van der Waals surface area contributed by atoms with Gasteiger partial charge in [-0.3, -0.25) is 4.79 Å². The Balaban J connectivity index is 1.24. The van der Waals surface area contributed by atoms with E-state index < -0.39 is 17.6 Å². The molecule has 4 unspecified atom stereocenters. The Morgan fingerprint density at radius 1 is 1.15 bits per heavy atom. The minimum absolute atomic E-state index is 0.0878. The highest BCUT2D eigenvalue weighted by Crippen LogP contribution is 2.61. The lowest BCUT2D eigenvalue weighted by atomic mass is 9.85. The Morgan fingerprint density at radius 2 is 1.91 bits per heavy atom. The first-order chi connectivity index (χ1) is 16.2. The summed E-state index contributed by atoms with van der Waals surface area (Å²) in [6, 6.07) is 12.0. The van der Waals surface area contributed by atoms with Gasteiger partial charge in [-0.25, -0.2) is 13.8 Å². The molecule has 34 heavy (non-hydrogen) atoms. The molecule has 1 aromatic heterocycles. The van der Waals surface area contributed by atoms with Crippen molar-refractivity contribution in [2.24, 2.45) is 11.8 Å². The number of aliphatic carboxylic acids is 1. The summed E-state index contributed by atoms with van der Waals surface area (Å²) >= 11 is 0. The van der Waals surface area contributed by atoms with Crippen molar-refractivity contribution in [2.45, 2.75) is 50.5 Å². The Morgan fingerprint density at radius 3 is 2.65 bits per heavy atom. The van der Waals surface area contributed by atoms with Crippen molar-refractivity contribution >= 4 is 5.97 Å². The number of pyridine rings is 1. The van der Waals surface area contributed by atoms with Gasteiger partial charge in [0.05, 0.1) is 5.92 Å². The first kappa shape index (κ1) is 21.3. The number of nitrogens with zero attached hydrogens (tertiary/aromatic N) is 1. The number of rotatable bonds is 5. The summed E-state index contributed by atoms with van der Waals surface area (Å²) < 4.78 is 35.2. The number of carboxylic acid groups (broad SMARTS) is 1. The normalized spacial score (nSPS) is 25.4. The zero-order chi connectivity index (χ0) is 23.8.